The number of hydrogen-bond acceptors (Lipinski definition) is 4. The van der Waals surface area contributed by atoms with Gasteiger partial charge < -0.3 is 20.0 Å². The highest BCUT2D eigenvalue weighted by molar-refractivity contribution is 6.35. The van der Waals surface area contributed by atoms with Gasteiger partial charge in [-0.3, -0.25) is 19.2 Å². The van der Waals surface area contributed by atoms with Crippen molar-refractivity contribution < 1.29 is 19.2 Å². The summed E-state index contributed by atoms with van der Waals surface area (Å²) < 4.78 is 0. The monoisotopic (exact) mass is 400 g/mol. The first-order valence-electron chi connectivity index (χ1n) is 10.2. The number of benzene rings is 1. The Morgan fingerprint density at radius 2 is 1.79 bits per heavy atom. The van der Waals surface area contributed by atoms with Gasteiger partial charge in [0.2, 0.25) is 11.8 Å². The SMILES string of the molecule is CCCCN1CCN(C(C(=O)N2CCNC(=O)CC2)c2ccccc2)C(=O)C1=O. The highest BCUT2D eigenvalue weighted by atomic mass is 16.2. The highest BCUT2D eigenvalue weighted by Crippen LogP contribution is 2.26. The van der Waals surface area contributed by atoms with Crippen molar-refractivity contribution in [2.24, 2.45) is 0 Å². The molecule has 156 valence electrons. The van der Waals surface area contributed by atoms with Crippen molar-refractivity contribution in [2.45, 2.75) is 32.2 Å². The molecule has 0 bridgehead atoms. The van der Waals surface area contributed by atoms with E-state index in [1.165, 1.54) is 4.90 Å². The van der Waals surface area contributed by atoms with Crippen molar-refractivity contribution in [3.8, 4) is 0 Å². The van der Waals surface area contributed by atoms with Crippen LogP contribution < -0.4 is 5.32 Å². The van der Waals surface area contributed by atoms with Gasteiger partial charge in [-0.1, -0.05) is 43.7 Å². The number of nitrogens with one attached hydrogen (secondary N) is 1. The summed E-state index contributed by atoms with van der Waals surface area (Å²) in [4.78, 5) is 55.2. The Morgan fingerprint density at radius 1 is 1.03 bits per heavy atom. The van der Waals surface area contributed by atoms with Gasteiger partial charge in [0.25, 0.3) is 0 Å². The van der Waals surface area contributed by atoms with Crippen LogP contribution in [0.15, 0.2) is 30.3 Å². The van der Waals surface area contributed by atoms with Gasteiger partial charge in [-0.05, 0) is 12.0 Å². The number of unbranched alkanes of at least 4 members (excludes halogenated alkanes) is 1. The Balaban J connectivity index is 1.85. The molecule has 2 aliphatic heterocycles. The van der Waals surface area contributed by atoms with Crippen LogP contribution in [-0.4, -0.2) is 77.6 Å². The molecule has 0 radical (unpaired) electrons. The van der Waals surface area contributed by atoms with Crippen LogP contribution in [0.1, 0.15) is 37.8 Å². The van der Waals surface area contributed by atoms with E-state index in [0.29, 0.717) is 44.8 Å². The molecule has 2 aliphatic rings. The second-order valence-electron chi connectivity index (χ2n) is 7.38. The first-order valence-corrected chi connectivity index (χ1v) is 10.2. The summed E-state index contributed by atoms with van der Waals surface area (Å²) in [6.07, 6.45) is 2.01. The molecule has 2 fully saturated rings. The Kier molecular flexibility index (Phi) is 6.85. The van der Waals surface area contributed by atoms with E-state index in [1.807, 2.05) is 25.1 Å². The third-order valence-electron chi connectivity index (χ3n) is 5.41. The van der Waals surface area contributed by atoms with Crippen LogP contribution in [0, 0.1) is 0 Å². The third kappa shape index (κ3) is 4.75. The van der Waals surface area contributed by atoms with Crippen LogP contribution in [0.3, 0.4) is 0 Å². The van der Waals surface area contributed by atoms with E-state index in [-0.39, 0.29) is 18.2 Å². The summed E-state index contributed by atoms with van der Waals surface area (Å²) in [5.41, 5.74) is 0.671. The molecule has 3 rings (SSSR count). The summed E-state index contributed by atoms with van der Waals surface area (Å²) >= 11 is 0. The summed E-state index contributed by atoms with van der Waals surface area (Å²) in [5, 5.41) is 2.75. The van der Waals surface area contributed by atoms with Gasteiger partial charge in [-0.25, -0.2) is 0 Å². The predicted molar refractivity (Wildman–Crippen MR) is 107 cm³/mol. The van der Waals surface area contributed by atoms with Crippen molar-refractivity contribution in [2.75, 3.05) is 39.3 Å². The van der Waals surface area contributed by atoms with Gasteiger partial charge in [0.15, 0.2) is 0 Å². The molecule has 2 heterocycles. The second kappa shape index (κ2) is 9.54. The van der Waals surface area contributed by atoms with Crippen LogP contribution in [0.4, 0.5) is 0 Å². The van der Waals surface area contributed by atoms with Crippen molar-refractivity contribution in [1.82, 2.24) is 20.0 Å². The zero-order valence-electron chi connectivity index (χ0n) is 16.8. The lowest BCUT2D eigenvalue weighted by Crippen LogP contribution is -2.57. The molecule has 2 saturated heterocycles. The van der Waals surface area contributed by atoms with E-state index in [4.69, 9.17) is 0 Å². The van der Waals surface area contributed by atoms with Gasteiger partial charge >= 0.3 is 11.8 Å². The Bertz CT molecular complexity index is 767. The van der Waals surface area contributed by atoms with Crippen molar-refractivity contribution in [3.05, 3.63) is 35.9 Å². The standard InChI is InChI=1S/C21H28N4O4/c1-2-3-11-23-14-15-25(21(29)20(23)28)18(16-7-5-4-6-8-16)19(27)24-12-9-17(26)22-10-13-24/h4-8,18H,2-3,9-15H2,1H3,(H,22,26). The summed E-state index contributed by atoms with van der Waals surface area (Å²) in [6, 6.07) is 8.19. The van der Waals surface area contributed by atoms with E-state index in [9.17, 15) is 19.2 Å². The van der Waals surface area contributed by atoms with Gasteiger partial charge in [-0.15, -0.1) is 0 Å². The lowest BCUT2D eigenvalue weighted by Gasteiger charge is -2.39. The number of nitrogens with zero attached hydrogens (tertiary/aromatic N) is 3. The predicted octanol–water partition coefficient (Wildman–Crippen LogP) is 0.547. The molecule has 0 saturated carbocycles. The topological polar surface area (TPSA) is 90.0 Å². The largest absolute Gasteiger partial charge is 0.354 e. The maximum absolute atomic E-state index is 13.4. The normalized spacial score (nSPS) is 19.1. The van der Waals surface area contributed by atoms with E-state index >= 15 is 0 Å². The molecule has 29 heavy (non-hydrogen) atoms. The molecule has 0 aromatic heterocycles. The molecule has 0 aliphatic carbocycles. The van der Waals surface area contributed by atoms with Gasteiger partial charge in [-0.2, -0.15) is 0 Å². The Labute approximate surface area is 170 Å². The number of carbonyl (C=O) groups is 4. The first kappa shape index (κ1) is 20.8. The van der Waals surface area contributed by atoms with Crippen LogP contribution in [-0.2, 0) is 19.2 Å². The second-order valence-corrected chi connectivity index (χ2v) is 7.38. The minimum atomic E-state index is -0.867. The minimum Gasteiger partial charge on any atom is -0.354 e. The van der Waals surface area contributed by atoms with Gasteiger partial charge in [0, 0.05) is 45.7 Å². The Hall–Kier alpha value is -2.90. The molecule has 0 spiro atoms. The zero-order valence-corrected chi connectivity index (χ0v) is 16.8. The van der Waals surface area contributed by atoms with Crippen LogP contribution >= 0.6 is 0 Å². The van der Waals surface area contributed by atoms with E-state index in [1.54, 1.807) is 21.9 Å². The average Bonchev–Trinajstić information content (AvgIpc) is 2.96. The fourth-order valence-corrected chi connectivity index (χ4v) is 3.75. The zero-order chi connectivity index (χ0) is 20.8. The van der Waals surface area contributed by atoms with Crippen LogP contribution in [0.2, 0.25) is 0 Å². The lowest BCUT2D eigenvalue weighted by atomic mass is 10.0. The molecule has 1 atom stereocenters. The first-order chi connectivity index (χ1) is 14.0. The van der Waals surface area contributed by atoms with Crippen LogP contribution in [0.5, 0.6) is 0 Å². The molecule has 1 N–H and O–H groups in total. The molecule has 1 aromatic rings. The average molecular weight is 400 g/mol. The smallest absolute Gasteiger partial charge is 0.313 e. The summed E-state index contributed by atoms with van der Waals surface area (Å²) in [6.45, 7) is 4.38. The summed E-state index contributed by atoms with van der Waals surface area (Å²) in [5.74, 6) is -1.53. The van der Waals surface area contributed by atoms with Crippen molar-refractivity contribution >= 4 is 23.6 Å². The maximum Gasteiger partial charge on any atom is 0.313 e. The van der Waals surface area contributed by atoms with Crippen molar-refractivity contribution in [3.63, 3.8) is 0 Å². The highest BCUT2D eigenvalue weighted by Gasteiger charge is 2.41. The molecule has 8 nitrogen and oxygen atoms in total. The lowest BCUT2D eigenvalue weighted by molar-refractivity contribution is -0.161. The number of carbonyl (C=O) groups excluding carboxylic acids is 4. The summed E-state index contributed by atoms with van der Waals surface area (Å²) in [7, 11) is 0. The molecule has 1 aromatic carbocycles. The fraction of sp³-hybridized carbons (Fsp3) is 0.524. The number of rotatable bonds is 6. The van der Waals surface area contributed by atoms with Crippen LogP contribution in [0.25, 0.3) is 0 Å². The van der Waals surface area contributed by atoms with E-state index < -0.39 is 17.9 Å². The number of piperazine rings is 1. The number of hydrogen-bond donors (Lipinski definition) is 1. The van der Waals surface area contributed by atoms with Gasteiger partial charge in [0.1, 0.15) is 6.04 Å². The number of amides is 4. The Morgan fingerprint density at radius 3 is 2.52 bits per heavy atom. The maximum atomic E-state index is 13.4. The molecule has 4 amide bonds. The van der Waals surface area contributed by atoms with E-state index in [0.717, 1.165) is 12.8 Å². The molecule has 1 unspecified atom stereocenters. The minimum absolute atomic E-state index is 0.0904. The molecular weight excluding hydrogens is 372 g/mol. The van der Waals surface area contributed by atoms with Gasteiger partial charge in [0.05, 0.1) is 0 Å². The van der Waals surface area contributed by atoms with E-state index in [2.05, 4.69) is 5.32 Å². The molecular formula is C21H28N4O4. The fourth-order valence-electron chi connectivity index (χ4n) is 3.75. The quantitative estimate of drug-likeness (QED) is 0.706. The third-order valence-corrected chi connectivity index (χ3v) is 5.41. The van der Waals surface area contributed by atoms with Crippen molar-refractivity contribution in [1.29, 1.82) is 0 Å². The molecule has 8 heteroatoms.